The average Bonchev–Trinajstić information content (AvgIpc) is 3.35. The maximum atomic E-state index is 12.9. The highest BCUT2D eigenvalue weighted by Crippen LogP contribution is 2.16. The fourth-order valence-electron chi connectivity index (χ4n) is 2.99. The Labute approximate surface area is 152 Å². The van der Waals surface area contributed by atoms with Crippen LogP contribution >= 0.6 is 0 Å². The Morgan fingerprint density at radius 3 is 2.92 bits per heavy atom. The SMILES string of the molecule is CC(NC(=O)c1ccco1)C(=O)N(Cc1cccnc1)CC1CCCO1. The van der Waals surface area contributed by atoms with Gasteiger partial charge in [0.1, 0.15) is 6.04 Å². The van der Waals surface area contributed by atoms with Crippen molar-refractivity contribution in [2.24, 2.45) is 0 Å². The molecule has 3 heterocycles. The van der Waals surface area contributed by atoms with Gasteiger partial charge in [-0.25, -0.2) is 0 Å². The molecular formula is C19H23N3O4. The lowest BCUT2D eigenvalue weighted by Crippen LogP contribution is -2.48. The van der Waals surface area contributed by atoms with Crippen LogP contribution in [-0.2, 0) is 16.1 Å². The summed E-state index contributed by atoms with van der Waals surface area (Å²) in [7, 11) is 0. The molecule has 2 atom stereocenters. The number of carbonyl (C=O) groups is 2. The highest BCUT2D eigenvalue weighted by atomic mass is 16.5. The summed E-state index contributed by atoms with van der Waals surface area (Å²) >= 11 is 0. The Balaban J connectivity index is 1.67. The van der Waals surface area contributed by atoms with E-state index in [1.807, 2.05) is 12.1 Å². The summed E-state index contributed by atoms with van der Waals surface area (Å²) in [6.07, 6.45) is 6.83. The zero-order chi connectivity index (χ0) is 18.4. The highest BCUT2D eigenvalue weighted by Gasteiger charge is 2.27. The second-order valence-electron chi connectivity index (χ2n) is 6.39. The van der Waals surface area contributed by atoms with Gasteiger partial charge in [-0.15, -0.1) is 0 Å². The largest absolute Gasteiger partial charge is 0.459 e. The van der Waals surface area contributed by atoms with Crippen LogP contribution in [0.2, 0.25) is 0 Å². The normalized spacial score (nSPS) is 17.7. The second kappa shape index (κ2) is 8.62. The van der Waals surface area contributed by atoms with E-state index in [2.05, 4.69) is 10.3 Å². The van der Waals surface area contributed by atoms with E-state index in [1.54, 1.807) is 36.4 Å². The zero-order valence-corrected chi connectivity index (χ0v) is 14.8. The van der Waals surface area contributed by atoms with Gasteiger partial charge in [0.05, 0.1) is 12.4 Å². The molecule has 0 spiro atoms. The van der Waals surface area contributed by atoms with E-state index in [0.717, 1.165) is 25.0 Å². The summed E-state index contributed by atoms with van der Waals surface area (Å²) in [5.74, 6) is -0.388. The van der Waals surface area contributed by atoms with E-state index < -0.39 is 11.9 Å². The minimum absolute atomic E-state index is 0.0311. The first-order chi connectivity index (χ1) is 12.6. The van der Waals surface area contributed by atoms with Gasteiger partial charge in [0.15, 0.2) is 5.76 Å². The van der Waals surface area contributed by atoms with E-state index in [9.17, 15) is 9.59 Å². The van der Waals surface area contributed by atoms with Crippen LogP contribution in [0.25, 0.3) is 0 Å². The van der Waals surface area contributed by atoms with Crippen LogP contribution in [0, 0.1) is 0 Å². The summed E-state index contributed by atoms with van der Waals surface area (Å²) in [6.45, 7) is 3.32. The maximum Gasteiger partial charge on any atom is 0.287 e. The third-order valence-electron chi connectivity index (χ3n) is 4.32. The number of aromatic nitrogens is 1. The van der Waals surface area contributed by atoms with Crippen molar-refractivity contribution in [1.29, 1.82) is 0 Å². The third-order valence-corrected chi connectivity index (χ3v) is 4.32. The molecule has 1 N–H and O–H groups in total. The van der Waals surface area contributed by atoms with Crippen molar-refractivity contribution in [1.82, 2.24) is 15.2 Å². The molecule has 3 rings (SSSR count). The molecule has 1 fully saturated rings. The van der Waals surface area contributed by atoms with Crippen molar-refractivity contribution in [3.8, 4) is 0 Å². The van der Waals surface area contributed by atoms with Crippen molar-refractivity contribution in [3.05, 3.63) is 54.2 Å². The molecule has 1 saturated heterocycles. The topological polar surface area (TPSA) is 84.7 Å². The number of rotatable bonds is 7. The number of amides is 2. The van der Waals surface area contributed by atoms with Gasteiger partial charge < -0.3 is 19.4 Å². The lowest BCUT2D eigenvalue weighted by molar-refractivity contribution is -0.135. The second-order valence-corrected chi connectivity index (χ2v) is 6.39. The Bertz CT molecular complexity index is 712. The summed E-state index contributed by atoms with van der Waals surface area (Å²) in [4.78, 5) is 30.9. The third kappa shape index (κ3) is 4.70. The van der Waals surface area contributed by atoms with Crippen molar-refractivity contribution in [2.75, 3.05) is 13.2 Å². The summed E-state index contributed by atoms with van der Waals surface area (Å²) in [6, 6.07) is 6.28. The van der Waals surface area contributed by atoms with Crippen LogP contribution < -0.4 is 5.32 Å². The molecule has 138 valence electrons. The van der Waals surface area contributed by atoms with E-state index in [0.29, 0.717) is 13.1 Å². The Kier molecular flexibility index (Phi) is 6.01. The van der Waals surface area contributed by atoms with Crippen molar-refractivity contribution < 1.29 is 18.7 Å². The molecule has 7 nitrogen and oxygen atoms in total. The predicted molar refractivity (Wildman–Crippen MR) is 94.3 cm³/mol. The van der Waals surface area contributed by atoms with E-state index >= 15 is 0 Å². The van der Waals surface area contributed by atoms with Gasteiger partial charge in [-0.1, -0.05) is 6.07 Å². The first-order valence-electron chi connectivity index (χ1n) is 8.77. The van der Waals surface area contributed by atoms with Crippen LogP contribution in [0.3, 0.4) is 0 Å². The van der Waals surface area contributed by atoms with Gasteiger partial charge in [-0.05, 0) is 43.5 Å². The molecule has 2 aromatic heterocycles. The number of hydrogen-bond acceptors (Lipinski definition) is 5. The lowest BCUT2D eigenvalue weighted by Gasteiger charge is -2.28. The Hall–Kier alpha value is -2.67. The fourth-order valence-corrected chi connectivity index (χ4v) is 2.99. The number of nitrogens with zero attached hydrogens (tertiary/aromatic N) is 2. The number of pyridine rings is 1. The van der Waals surface area contributed by atoms with Gasteiger partial charge >= 0.3 is 0 Å². The molecule has 0 saturated carbocycles. The molecule has 0 bridgehead atoms. The predicted octanol–water partition coefficient (Wildman–Crippen LogP) is 2.00. The number of ether oxygens (including phenoxy) is 1. The Morgan fingerprint density at radius 1 is 1.38 bits per heavy atom. The Morgan fingerprint density at radius 2 is 2.27 bits per heavy atom. The van der Waals surface area contributed by atoms with Gasteiger partial charge in [0, 0.05) is 32.1 Å². The summed E-state index contributed by atoms with van der Waals surface area (Å²) < 4.78 is 10.8. The number of hydrogen-bond donors (Lipinski definition) is 1. The van der Waals surface area contributed by atoms with Crippen molar-refractivity contribution in [3.63, 3.8) is 0 Å². The van der Waals surface area contributed by atoms with Crippen molar-refractivity contribution in [2.45, 2.75) is 38.5 Å². The lowest BCUT2D eigenvalue weighted by atomic mass is 10.1. The van der Waals surface area contributed by atoms with Crippen LogP contribution in [-0.4, -0.2) is 47.0 Å². The standard InChI is InChI=1S/C19H23N3O4/c1-14(21-18(23)17-7-4-10-26-17)19(24)22(13-16-6-3-9-25-16)12-15-5-2-8-20-11-15/h2,4-5,7-8,10-11,14,16H,3,6,9,12-13H2,1H3,(H,21,23). The quantitative estimate of drug-likeness (QED) is 0.819. The fraction of sp³-hybridized carbons (Fsp3) is 0.421. The minimum atomic E-state index is -0.675. The highest BCUT2D eigenvalue weighted by molar-refractivity contribution is 5.95. The van der Waals surface area contributed by atoms with E-state index in [1.165, 1.54) is 6.26 Å². The van der Waals surface area contributed by atoms with Gasteiger partial charge in [-0.2, -0.15) is 0 Å². The first-order valence-corrected chi connectivity index (χ1v) is 8.77. The van der Waals surface area contributed by atoms with Gasteiger partial charge in [-0.3, -0.25) is 14.6 Å². The molecule has 0 aliphatic carbocycles. The summed E-state index contributed by atoms with van der Waals surface area (Å²) in [5, 5.41) is 2.69. The van der Waals surface area contributed by atoms with E-state index in [-0.39, 0.29) is 17.8 Å². The molecule has 0 radical (unpaired) electrons. The van der Waals surface area contributed by atoms with Gasteiger partial charge in [0.25, 0.3) is 5.91 Å². The molecule has 26 heavy (non-hydrogen) atoms. The molecule has 0 aromatic carbocycles. The van der Waals surface area contributed by atoms with Gasteiger partial charge in [0.2, 0.25) is 5.91 Å². The van der Waals surface area contributed by atoms with Crippen molar-refractivity contribution >= 4 is 11.8 Å². The molecule has 2 aromatic rings. The van der Waals surface area contributed by atoms with E-state index in [4.69, 9.17) is 9.15 Å². The zero-order valence-electron chi connectivity index (χ0n) is 14.8. The minimum Gasteiger partial charge on any atom is -0.459 e. The molecule has 7 heteroatoms. The molecule has 2 unspecified atom stereocenters. The molecule has 2 amide bonds. The van der Waals surface area contributed by atoms with Crippen LogP contribution in [0.4, 0.5) is 0 Å². The molecular weight excluding hydrogens is 334 g/mol. The number of nitrogens with one attached hydrogen (secondary N) is 1. The van der Waals surface area contributed by atoms with Crippen LogP contribution in [0.15, 0.2) is 47.3 Å². The first kappa shape index (κ1) is 18.1. The molecule has 1 aliphatic heterocycles. The molecule has 1 aliphatic rings. The van der Waals surface area contributed by atoms with Crippen LogP contribution in [0.5, 0.6) is 0 Å². The maximum absolute atomic E-state index is 12.9. The smallest absolute Gasteiger partial charge is 0.287 e. The number of furan rings is 1. The average molecular weight is 357 g/mol. The van der Waals surface area contributed by atoms with Crippen LogP contribution in [0.1, 0.15) is 35.9 Å². The summed E-state index contributed by atoms with van der Waals surface area (Å²) in [5.41, 5.74) is 0.934. The number of carbonyl (C=O) groups excluding carboxylic acids is 2. The monoisotopic (exact) mass is 357 g/mol.